The maximum Gasteiger partial charge on any atom is 0.264 e. The van der Waals surface area contributed by atoms with Gasteiger partial charge in [0.25, 0.3) is 5.91 Å². The highest BCUT2D eigenvalue weighted by Crippen LogP contribution is 2.60. The smallest absolute Gasteiger partial charge is 0.264 e. The Labute approximate surface area is 289 Å². The molecule has 0 radical (unpaired) electrons. The first-order chi connectivity index (χ1) is 23.5. The zero-order valence-electron chi connectivity index (χ0n) is 28.5. The minimum atomic E-state index is -3.47. The Bertz CT molecular complexity index is 1650. The van der Waals surface area contributed by atoms with E-state index < -0.39 is 31.6 Å². The summed E-state index contributed by atoms with van der Waals surface area (Å²) in [5, 5.41) is 16.1. The average molecular weight is 687 g/mol. The minimum Gasteiger partial charge on any atom is -0.395 e. The number of piperidine rings is 1. The van der Waals surface area contributed by atoms with Crippen LogP contribution in [0.15, 0.2) is 78.9 Å². The third kappa shape index (κ3) is 7.08. The van der Waals surface area contributed by atoms with Crippen molar-refractivity contribution in [3.05, 3.63) is 95.6 Å². The largest absolute Gasteiger partial charge is 0.395 e. The lowest BCUT2D eigenvalue weighted by Gasteiger charge is -2.31. The molecular weight excluding hydrogens is 640 g/mol. The van der Waals surface area contributed by atoms with E-state index in [2.05, 4.69) is 10.6 Å². The van der Waals surface area contributed by atoms with Gasteiger partial charge < -0.3 is 34.4 Å². The monoisotopic (exact) mass is 686 g/mol. The van der Waals surface area contributed by atoms with Gasteiger partial charge in [0.05, 0.1) is 37.3 Å². The molecule has 260 valence electrons. The van der Waals surface area contributed by atoms with Gasteiger partial charge in [-0.15, -0.1) is 0 Å². The number of anilines is 2. The van der Waals surface area contributed by atoms with Gasteiger partial charge in [0, 0.05) is 42.3 Å². The first kappa shape index (κ1) is 34.9. The van der Waals surface area contributed by atoms with Gasteiger partial charge in [0.2, 0.25) is 20.2 Å². The lowest BCUT2D eigenvalue weighted by Crippen LogP contribution is -2.45. The van der Waals surface area contributed by atoms with E-state index >= 15 is 4.11 Å². The summed E-state index contributed by atoms with van der Waals surface area (Å²) in [6.07, 6.45) is 0.933. The molecule has 5 atom stereocenters. The number of benzene rings is 3. The quantitative estimate of drug-likeness (QED) is 0.185. The van der Waals surface area contributed by atoms with E-state index in [0.29, 0.717) is 30.0 Å². The van der Waals surface area contributed by atoms with Gasteiger partial charge in [-0.2, -0.15) is 0 Å². The van der Waals surface area contributed by atoms with Crippen LogP contribution in [0.2, 0.25) is 18.6 Å². The molecule has 49 heavy (non-hydrogen) atoms. The first-order valence-corrected chi connectivity index (χ1v) is 20.3. The summed E-state index contributed by atoms with van der Waals surface area (Å²) < 4.78 is 23.1. The molecule has 1 spiro atoms. The number of aliphatic hydroxyl groups is 1. The Hall–Kier alpha value is -3.90. The summed E-state index contributed by atoms with van der Waals surface area (Å²) in [6.45, 7) is 7.25. The van der Waals surface area contributed by atoms with Gasteiger partial charge in [-0.05, 0) is 61.8 Å². The van der Waals surface area contributed by atoms with E-state index in [0.717, 1.165) is 30.5 Å². The van der Waals surface area contributed by atoms with E-state index in [-0.39, 0.29) is 49.8 Å². The lowest BCUT2D eigenvalue weighted by atomic mass is 9.82. The van der Waals surface area contributed by atoms with Crippen molar-refractivity contribution in [1.29, 1.82) is 0 Å². The van der Waals surface area contributed by atoms with Gasteiger partial charge in [0.15, 0.2) is 5.60 Å². The number of nitrogens with zero attached hydrogens (tertiary/aromatic N) is 2. The Morgan fingerprint density at radius 1 is 1.06 bits per heavy atom. The van der Waals surface area contributed by atoms with E-state index in [9.17, 15) is 19.5 Å². The highest BCUT2D eigenvalue weighted by atomic mass is 28.4. The van der Waals surface area contributed by atoms with Crippen LogP contribution in [0.4, 0.5) is 15.5 Å². The second-order valence-electron chi connectivity index (χ2n) is 14.1. The van der Waals surface area contributed by atoms with Crippen molar-refractivity contribution in [2.24, 2.45) is 11.8 Å². The van der Waals surface area contributed by atoms with Crippen LogP contribution in [0, 0.1) is 11.8 Å². The molecule has 0 saturated carbocycles. The number of hydrogen-bond acceptors (Lipinski definition) is 6. The van der Waals surface area contributed by atoms with Crippen LogP contribution in [-0.4, -0.2) is 68.5 Å². The van der Waals surface area contributed by atoms with Gasteiger partial charge in [-0.25, -0.2) is 0 Å². The normalized spacial score (nSPS) is 25.0. The third-order valence-corrected chi connectivity index (χ3v) is 12.9. The van der Waals surface area contributed by atoms with Crippen LogP contribution in [-0.2, 0) is 37.8 Å². The second-order valence-corrected chi connectivity index (χ2v) is 17.9. The van der Waals surface area contributed by atoms with Crippen molar-refractivity contribution in [1.82, 2.24) is 10.2 Å². The van der Waals surface area contributed by atoms with Crippen molar-refractivity contribution >= 4 is 37.5 Å². The molecule has 3 aliphatic heterocycles. The number of para-hydroxylation sites is 1. The number of carbonyl (C=O) groups is 3. The Morgan fingerprint density at radius 2 is 1.78 bits per heavy atom. The maximum atomic E-state index is 16.3. The predicted molar refractivity (Wildman–Crippen MR) is 190 cm³/mol. The van der Waals surface area contributed by atoms with Crippen LogP contribution in [0.5, 0.6) is 0 Å². The summed E-state index contributed by atoms with van der Waals surface area (Å²) in [5.74, 6) is -1.10. The lowest BCUT2D eigenvalue weighted by molar-refractivity contribution is -0.150. The number of carbonyl (C=O) groups excluding carboxylic acids is 3. The summed E-state index contributed by atoms with van der Waals surface area (Å²) in [5.41, 5.74) is 1.82. The van der Waals surface area contributed by atoms with Crippen molar-refractivity contribution < 1.29 is 28.3 Å². The zero-order chi connectivity index (χ0) is 34.8. The number of amides is 3. The van der Waals surface area contributed by atoms with Crippen LogP contribution in [0.3, 0.4) is 0 Å². The number of fused-ring (bicyclic) bond motifs is 2. The van der Waals surface area contributed by atoms with Crippen molar-refractivity contribution in [3.8, 4) is 0 Å². The summed E-state index contributed by atoms with van der Waals surface area (Å²) >= 11 is 0. The molecular formula is C38H47FN4O5Si. The SMILES string of the molecule is C[C@H]1[C@H]([Si](C)(C)F)[C@@H](CC(=O)N(CCO)Cc2ccccc2)O[C@]12C(=O)N(Cc1ccc(NC(=O)C3CCCNC3)cc1)c1ccccc12. The van der Waals surface area contributed by atoms with Gasteiger partial charge >= 0.3 is 0 Å². The van der Waals surface area contributed by atoms with Crippen LogP contribution in [0.1, 0.15) is 42.9 Å². The van der Waals surface area contributed by atoms with E-state index in [1.165, 1.54) is 0 Å². The highest BCUT2D eigenvalue weighted by molar-refractivity contribution is 6.72. The van der Waals surface area contributed by atoms with Crippen molar-refractivity contribution in [3.63, 3.8) is 0 Å². The van der Waals surface area contributed by atoms with E-state index in [1.807, 2.05) is 85.8 Å². The molecule has 3 aromatic rings. The second kappa shape index (κ2) is 14.5. The van der Waals surface area contributed by atoms with Crippen molar-refractivity contribution in [2.75, 3.05) is 36.5 Å². The number of nitrogens with one attached hydrogen (secondary N) is 2. The molecule has 3 amide bonds. The number of halogens is 1. The van der Waals surface area contributed by atoms with Gasteiger partial charge in [-0.3, -0.25) is 14.4 Å². The van der Waals surface area contributed by atoms with Crippen LogP contribution >= 0.6 is 0 Å². The number of hydrogen-bond donors (Lipinski definition) is 3. The molecule has 9 nitrogen and oxygen atoms in total. The molecule has 2 fully saturated rings. The molecule has 3 heterocycles. The van der Waals surface area contributed by atoms with Crippen molar-refractivity contribution in [2.45, 2.75) is 69.6 Å². The molecule has 3 N–H and O–H groups in total. The third-order valence-electron chi connectivity index (χ3n) is 10.4. The predicted octanol–water partition coefficient (Wildman–Crippen LogP) is 5.36. The summed E-state index contributed by atoms with van der Waals surface area (Å²) in [6, 6.07) is 24.5. The van der Waals surface area contributed by atoms with E-state index in [4.69, 9.17) is 4.74 Å². The molecule has 3 aromatic carbocycles. The van der Waals surface area contributed by atoms with Gasteiger partial charge in [-0.1, -0.05) is 67.6 Å². The van der Waals surface area contributed by atoms with Crippen LogP contribution in [0.25, 0.3) is 0 Å². The summed E-state index contributed by atoms with van der Waals surface area (Å²) in [4.78, 5) is 44.5. The fourth-order valence-electron chi connectivity index (χ4n) is 8.07. The molecule has 0 bridgehead atoms. The Morgan fingerprint density at radius 3 is 2.45 bits per heavy atom. The fraction of sp³-hybridized carbons (Fsp3) is 0.447. The molecule has 11 heteroatoms. The molecule has 3 aliphatic rings. The number of aliphatic hydroxyl groups excluding tert-OH is 1. The average Bonchev–Trinajstić information content (AvgIpc) is 3.52. The first-order valence-electron chi connectivity index (χ1n) is 17.3. The standard InChI is InChI=1S/C38H47FN4O5Si/c1-26-35(49(2,3)39)33(22-34(45)42(20-21-44)24-27-10-5-4-6-11-27)48-38(26)31-13-7-8-14-32(31)43(37(38)47)25-28-15-17-30(18-16-28)41-36(46)29-12-9-19-40-23-29/h4-8,10-11,13-18,26,29,33,35,40,44H,9,12,19-25H2,1-3H3,(H,41,46)/t26-,29?,33+,35-,38+/m0/s1. The number of ether oxygens (including phenoxy) is 1. The topological polar surface area (TPSA) is 111 Å². The molecule has 2 saturated heterocycles. The molecule has 1 unspecified atom stereocenters. The number of rotatable bonds is 11. The minimum absolute atomic E-state index is 0.000570. The summed E-state index contributed by atoms with van der Waals surface area (Å²) in [7, 11) is -3.47. The Balaban J connectivity index is 1.23. The Kier molecular flexibility index (Phi) is 10.4. The molecule has 0 aromatic heterocycles. The van der Waals surface area contributed by atoms with Crippen LogP contribution < -0.4 is 15.5 Å². The zero-order valence-corrected chi connectivity index (χ0v) is 29.5. The fourth-order valence-corrected chi connectivity index (χ4v) is 10.6. The maximum absolute atomic E-state index is 16.3. The van der Waals surface area contributed by atoms with Gasteiger partial charge in [0.1, 0.15) is 0 Å². The molecule has 0 aliphatic carbocycles. The highest BCUT2D eigenvalue weighted by Gasteiger charge is 2.67. The molecule has 6 rings (SSSR count). The van der Waals surface area contributed by atoms with E-state index in [1.54, 1.807) is 22.9 Å².